The minimum absolute atomic E-state index is 0.0508. The van der Waals surface area contributed by atoms with Gasteiger partial charge >= 0.3 is 0 Å². The van der Waals surface area contributed by atoms with Crippen molar-refractivity contribution in [2.75, 3.05) is 11.9 Å². The third-order valence-corrected chi connectivity index (χ3v) is 4.77. The van der Waals surface area contributed by atoms with E-state index >= 15 is 0 Å². The second-order valence-electron chi connectivity index (χ2n) is 6.98. The molecule has 0 bridgehead atoms. The Balaban J connectivity index is 1.51. The van der Waals surface area contributed by atoms with Crippen molar-refractivity contribution >= 4 is 23.2 Å². The number of hydrogen-bond donors (Lipinski definition) is 2. The summed E-state index contributed by atoms with van der Waals surface area (Å²) in [6.45, 7) is -0.254. The van der Waals surface area contributed by atoms with Gasteiger partial charge in [-0.3, -0.25) is 19.7 Å². The lowest BCUT2D eigenvalue weighted by Crippen LogP contribution is -2.36. The summed E-state index contributed by atoms with van der Waals surface area (Å²) < 4.78 is 5.34. The molecule has 0 heterocycles. The topological polar surface area (TPSA) is 111 Å². The number of amides is 2. The van der Waals surface area contributed by atoms with Crippen molar-refractivity contribution in [3.8, 4) is 5.75 Å². The first kappa shape index (κ1) is 20.3. The summed E-state index contributed by atoms with van der Waals surface area (Å²) >= 11 is 0. The van der Waals surface area contributed by atoms with E-state index in [9.17, 15) is 19.7 Å². The Morgan fingerprint density at radius 1 is 1.07 bits per heavy atom. The highest BCUT2D eigenvalue weighted by atomic mass is 16.6. The molecule has 2 N–H and O–H groups in total. The van der Waals surface area contributed by atoms with Crippen LogP contribution in [0.3, 0.4) is 0 Å². The SMILES string of the molecule is O=C(COc1ccc([N+](=O)[O-])cc1)Nc1cccc(C(=O)NC2CCCCC2)c1. The molecule has 152 valence electrons. The van der Waals surface area contributed by atoms with Gasteiger partial charge in [-0.1, -0.05) is 25.3 Å². The molecular weight excluding hydrogens is 374 g/mol. The van der Waals surface area contributed by atoms with E-state index < -0.39 is 10.8 Å². The molecule has 0 unspecified atom stereocenters. The fourth-order valence-electron chi connectivity index (χ4n) is 3.26. The zero-order valence-corrected chi connectivity index (χ0v) is 15.9. The quantitative estimate of drug-likeness (QED) is 0.547. The third-order valence-electron chi connectivity index (χ3n) is 4.77. The maximum atomic E-state index is 12.4. The van der Waals surface area contributed by atoms with Crippen LogP contribution in [0.4, 0.5) is 11.4 Å². The molecule has 0 atom stereocenters. The summed E-state index contributed by atoms with van der Waals surface area (Å²) in [5.41, 5.74) is 0.938. The third kappa shape index (κ3) is 6.03. The normalized spacial score (nSPS) is 14.1. The standard InChI is InChI=1S/C21H23N3O5/c25-20(14-29-19-11-9-18(10-12-19)24(27)28)22-17-8-4-5-15(13-17)21(26)23-16-6-2-1-3-7-16/h4-5,8-13,16H,1-3,6-7,14H2,(H,22,25)(H,23,26). The molecule has 3 rings (SSSR count). The molecule has 1 aliphatic carbocycles. The summed E-state index contributed by atoms with van der Waals surface area (Å²) in [6.07, 6.45) is 5.49. The van der Waals surface area contributed by atoms with E-state index in [1.807, 2.05) is 0 Å². The number of carbonyl (C=O) groups excluding carboxylic acids is 2. The Morgan fingerprint density at radius 3 is 2.48 bits per heavy atom. The molecule has 0 aliphatic heterocycles. The van der Waals surface area contributed by atoms with E-state index in [2.05, 4.69) is 10.6 Å². The molecule has 1 fully saturated rings. The Bertz CT molecular complexity index is 876. The maximum Gasteiger partial charge on any atom is 0.269 e. The minimum Gasteiger partial charge on any atom is -0.484 e. The number of nitrogens with zero attached hydrogens (tertiary/aromatic N) is 1. The van der Waals surface area contributed by atoms with Crippen LogP contribution in [0.25, 0.3) is 0 Å². The lowest BCUT2D eigenvalue weighted by Gasteiger charge is -2.22. The second-order valence-corrected chi connectivity index (χ2v) is 6.98. The zero-order valence-electron chi connectivity index (χ0n) is 15.9. The highest BCUT2D eigenvalue weighted by Gasteiger charge is 2.17. The zero-order chi connectivity index (χ0) is 20.6. The molecule has 2 aromatic rings. The van der Waals surface area contributed by atoms with Crippen molar-refractivity contribution in [1.82, 2.24) is 5.32 Å². The first-order chi connectivity index (χ1) is 14.0. The lowest BCUT2D eigenvalue weighted by molar-refractivity contribution is -0.384. The molecule has 29 heavy (non-hydrogen) atoms. The highest BCUT2D eigenvalue weighted by Crippen LogP contribution is 2.19. The van der Waals surface area contributed by atoms with Crippen LogP contribution in [0.2, 0.25) is 0 Å². The number of nitro groups is 1. The summed E-state index contributed by atoms with van der Waals surface area (Å²) in [7, 11) is 0. The van der Waals surface area contributed by atoms with Gasteiger partial charge in [-0.15, -0.1) is 0 Å². The number of hydrogen-bond acceptors (Lipinski definition) is 5. The van der Waals surface area contributed by atoms with Gasteiger partial charge in [0.05, 0.1) is 4.92 Å². The Labute approximate surface area is 168 Å². The average Bonchev–Trinajstić information content (AvgIpc) is 2.73. The van der Waals surface area contributed by atoms with Crippen LogP contribution >= 0.6 is 0 Å². The van der Waals surface area contributed by atoms with E-state index in [4.69, 9.17) is 4.74 Å². The van der Waals surface area contributed by atoms with Crippen LogP contribution in [0.15, 0.2) is 48.5 Å². The number of benzene rings is 2. The van der Waals surface area contributed by atoms with Crippen LogP contribution in [0.5, 0.6) is 5.75 Å². The van der Waals surface area contributed by atoms with Gasteiger partial charge in [0.15, 0.2) is 6.61 Å². The first-order valence-corrected chi connectivity index (χ1v) is 9.59. The van der Waals surface area contributed by atoms with Crippen LogP contribution < -0.4 is 15.4 Å². The number of rotatable bonds is 7. The number of nitrogens with one attached hydrogen (secondary N) is 2. The van der Waals surface area contributed by atoms with Gasteiger partial charge in [0.25, 0.3) is 17.5 Å². The number of carbonyl (C=O) groups is 2. The molecule has 8 heteroatoms. The highest BCUT2D eigenvalue weighted by molar-refractivity contribution is 5.97. The monoisotopic (exact) mass is 397 g/mol. The van der Waals surface area contributed by atoms with Gasteiger partial charge in [0.1, 0.15) is 5.75 Å². The molecule has 2 amide bonds. The van der Waals surface area contributed by atoms with E-state index in [-0.39, 0.29) is 24.2 Å². The van der Waals surface area contributed by atoms with Gasteiger partial charge in [-0.05, 0) is 43.2 Å². The lowest BCUT2D eigenvalue weighted by atomic mass is 9.95. The molecule has 8 nitrogen and oxygen atoms in total. The molecule has 0 radical (unpaired) electrons. The summed E-state index contributed by atoms with van der Waals surface area (Å²) in [5.74, 6) is -0.185. The van der Waals surface area contributed by atoms with Crippen LogP contribution in [0, 0.1) is 10.1 Å². The van der Waals surface area contributed by atoms with Gasteiger partial charge in [-0.25, -0.2) is 0 Å². The number of anilines is 1. The van der Waals surface area contributed by atoms with E-state index in [0.717, 1.165) is 25.7 Å². The predicted molar refractivity (Wildman–Crippen MR) is 108 cm³/mol. The fourth-order valence-corrected chi connectivity index (χ4v) is 3.26. The van der Waals surface area contributed by atoms with Crippen LogP contribution in [-0.2, 0) is 4.79 Å². The van der Waals surface area contributed by atoms with Crippen LogP contribution in [-0.4, -0.2) is 29.4 Å². The van der Waals surface area contributed by atoms with Crippen molar-refractivity contribution in [3.05, 3.63) is 64.2 Å². The first-order valence-electron chi connectivity index (χ1n) is 9.59. The van der Waals surface area contributed by atoms with Crippen molar-refractivity contribution < 1.29 is 19.2 Å². The van der Waals surface area contributed by atoms with Gasteiger partial charge in [0, 0.05) is 29.4 Å². The average molecular weight is 397 g/mol. The molecule has 2 aromatic carbocycles. The molecular formula is C21H23N3O5. The molecule has 0 saturated heterocycles. The Hall–Kier alpha value is -3.42. The largest absolute Gasteiger partial charge is 0.484 e. The number of ether oxygens (including phenoxy) is 1. The van der Waals surface area contributed by atoms with E-state index in [1.165, 1.54) is 30.7 Å². The fraction of sp³-hybridized carbons (Fsp3) is 0.333. The summed E-state index contributed by atoms with van der Waals surface area (Å²) in [4.78, 5) is 34.7. The summed E-state index contributed by atoms with van der Waals surface area (Å²) in [5, 5.41) is 16.4. The number of nitro benzene ring substituents is 1. The molecule has 1 aliphatic rings. The molecule has 1 saturated carbocycles. The van der Waals surface area contributed by atoms with Crippen molar-refractivity contribution in [2.45, 2.75) is 38.1 Å². The maximum absolute atomic E-state index is 12.4. The van der Waals surface area contributed by atoms with Crippen molar-refractivity contribution in [1.29, 1.82) is 0 Å². The predicted octanol–water partition coefficient (Wildman–Crippen LogP) is 3.67. The Kier molecular flexibility index (Phi) is 6.78. The molecule has 0 aromatic heterocycles. The minimum atomic E-state index is -0.506. The second kappa shape index (κ2) is 9.68. The number of non-ortho nitro benzene ring substituents is 1. The van der Waals surface area contributed by atoms with Crippen LogP contribution in [0.1, 0.15) is 42.5 Å². The smallest absolute Gasteiger partial charge is 0.269 e. The van der Waals surface area contributed by atoms with E-state index in [0.29, 0.717) is 17.0 Å². The van der Waals surface area contributed by atoms with Crippen molar-refractivity contribution in [2.24, 2.45) is 0 Å². The van der Waals surface area contributed by atoms with E-state index in [1.54, 1.807) is 24.3 Å². The van der Waals surface area contributed by atoms with Gasteiger partial charge < -0.3 is 15.4 Å². The van der Waals surface area contributed by atoms with Crippen molar-refractivity contribution in [3.63, 3.8) is 0 Å². The molecule has 0 spiro atoms. The van der Waals surface area contributed by atoms with Gasteiger partial charge in [-0.2, -0.15) is 0 Å². The summed E-state index contributed by atoms with van der Waals surface area (Å²) in [6, 6.07) is 12.4. The van der Waals surface area contributed by atoms with Gasteiger partial charge in [0.2, 0.25) is 0 Å². The Morgan fingerprint density at radius 2 is 1.79 bits per heavy atom.